The van der Waals surface area contributed by atoms with Crippen LogP contribution in [-0.4, -0.2) is 50.8 Å². The average molecular weight is 290 g/mol. The van der Waals surface area contributed by atoms with Gasteiger partial charge in [0, 0.05) is 19.1 Å². The van der Waals surface area contributed by atoms with Gasteiger partial charge in [-0.2, -0.15) is 4.31 Å². The largest absolute Gasteiger partial charge is 0.305 e. The third-order valence-corrected chi connectivity index (χ3v) is 5.29. The number of sulfonamides is 1. The molecule has 0 saturated carbocycles. The van der Waals surface area contributed by atoms with Crippen LogP contribution in [0.25, 0.3) is 0 Å². The fourth-order valence-corrected chi connectivity index (χ4v) is 3.81. The van der Waals surface area contributed by atoms with Crippen molar-refractivity contribution < 1.29 is 17.2 Å². The summed E-state index contributed by atoms with van der Waals surface area (Å²) in [6.07, 6.45) is 0.655. The summed E-state index contributed by atoms with van der Waals surface area (Å²) in [7, 11) is -0.407. The second-order valence-electron chi connectivity index (χ2n) is 4.82. The third-order valence-electron chi connectivity index (χ3n) is 3.37. The van der Waals surface area contributed by atoms with E-state index in [4.69, 9.17) is 0 Å². The molecule has 0 bridgehead atoms. The summed E-state index contributed by atoms with van der Waals surface area (Å²) in [6.45, 7) is 0.530. The molecule has 2 rings (SSSR count). The molecule has 106 valence electrons. The normalized spacial score (nSPS) is 21.2. The van der Waals surface area contributed by atoms with Gasteiger partial charge in [0.05, 0.1) is 0 Å². The van der Waals surface area contributed by atoms with Crippen molar-refractivity contribution in [1.29, 1.82) is 0 Å². The van der Waals surface area contributed by atoms with Crippen LogP contribution in [-0.2, 0) is 10.0 Å². The summed E-state index contributed by atoms with van der Waals surface area (Å²) in [5, 5.41) is 0. The zero-order chi connectivity index (χ0) is 14.2. The molecule has 1 aromatic rings. The summed E-state index contributed by atoms with van der Waals surface area (Å²) in [5.74, 6) is -2.10. The Morgan fingerprint density at radius 2 is 1.84 bits per heavy atom. The van der Waals surface area contributed by atoms with E-state index in [1.807, 2.05) is 19.0 Å². The van der Waals surface area contributed by atoms with Crippen molar-refractivity contribution in [2.24, 2.45) is 0 Å². The van der Waals surface area contributed by atoms with Crippen LogP contribution in [0.15, 0.2) is 23.1 Å². The highest BCUT2D eigenvalue weighted by Gasteiger charge is 2.36. The smallest absolute Gasteiger partial charge is 0.248 e. The van der Waals surface area contributed by atoms with Gasteiger partial charge in [-0.1, -0.05) is 6.07 Å². The zero-order valence-electron chi connectivity index (χ0n) is 10.8. The molecule has 1 unspecified atom stereocenters. The molecule has 19 heavy (non-hydrogen) atoms. The minimum Gasteiger partial charge on any atom is -0.305 e. The highest BCUT2D eigenvalue weighted by atomic mass is 32.2. The van der Waals surface area contributed by atoms with Crippen LogP contribution >= 0.6 is 0 Å². The van der Waals surface area contributed by atoms with E-state index < -0.39 is 26.6 Å². The van der Waals surface area contributed by atoms with Gasteiger partial charge in [-0.3, -0.25) is 0 Å². The molecule has 0 amide bonds. The zero-order valence-corrected chi connectivity index (χ0v) is 11.6. The van der Waals surface area contributed by atoms with Gasteiger partial charge in [0.15, 0.2) is 4.90 Å². The molecule has 4 nitrogen and oxygen atoms in total. The molecular formula is C12H16F2N2O2S. The van der Waals surface area contributed by atoms with Crippen molar-refractivity contribution in [2.45, 2.75) is 17.4 Å². The Balaban J connectivity index is 2.34. The maximum Gasteiger partial charge on any atom is 0.248 e. The molecule has 1 saturated heterocycles. The maximum absolute atomic E-state index is 13.6. The molecule has 1 aliphatic heterocycles. The number of hydrogen-bond donors (Lipinski definition) is 0. The van der Waals surface area contributed by atoms with Crippen LogP contribution in [0.3, 0.4) is 0 Å². The van der Waals surface area contributed by atoms with Crippen LogP contribution in [0.1, 0.15) is 6.42 Å². The van der Waals surface area contributed by atoms with Crippen molar-refractivity contribution in [1.82, 2.24) is 9.21 Å². The first-order valence-electron chi connectivity index (χ1n) is 5.94. The summed E-state index contributed by atoms with van der Waals surface area (Å²) < 4.78 is 52.9. The molecule has 1 atom stereocenters. The van der Waals surface area contributed by atoms with Crippen molar-refractivity contribution in [2.75, 3.05) is 27.2 Å². The Kier molecular flexibility index (Phi) is 3.89. The standard InChI is InChI=1S/C12H16F2N2O2S/c1-15(2)9-6-7-16(8-9)19(17,18)12-10(13)4-3-5-11(12)14/h3-5,9H,6-8H2,1-2H3. The third kappa shape index (κ3) is 2.63. The number of nitrogens with zero attached hydrogens (tertiary/aromatic N) is 2. The Hall–Kier alpha value is -1.05. The highest BCUT2D eigenvalue weighted by Crippen LogP contribution is 2.26. The molecule has 0 radical (unpaired) electrons. The minimum absolute atomic E-state index is 0.0737. The minimum atomic E-state index is -4.11. The first-order valence-corrected chi connectivity index (χ1v) is 7.38. The van der Waals surface area contributed by atoms with Crippen LogP contribution in [0.4, 0.5) is 8.78 Å². The van der Waals surface area contributed by atoms with E-state index in [0.717, 1.165) is 22.5 Å². The number of benzene rings is 1. The molecule has 1 aliphatic rings. The van der Waals surface area contributed by atoms with E-state index in [0.29, 0.717) is 6.42 Å². The van der Waals surface area contributed by atoms with Gasteiger partial charge in [-0.25, -0.2) is 17.2 Å². The Labute approximate surface area is 111 Å². The maximum atomic E-state index is 13.6. The van der Waals surface area contributed by atoms with Gasteiger partial charge in [0.25, 0.3) is 0 Å². The number of hydrogen-bond acceptors (Lipinski definition) is 3. The lowest BCUT2D eigenvalue weighted by Crippen LogP contribution is -2.35. The van der Waals surface area contributed by atoms with Gasteiger partial charge in [0.1, 0.15) is 11.6 Å². The lowest BCUT2D eigenvalue weighted by Gasteiger charge is -2.20. The molecule has 1 aromatic carbocycles. The average Bonchev–Trinajstić information content (AvgIpc) is 2.78. The molecule has 1 heterocycles. The summed E-state index contributed by atoms with van der Waals surface area (Å²) >= 11 is 0. The molecule has 0 aliphatic carbocycles. The van der Waals surface area contributed by atoms with E-state index in [9.17, 15) is 17.2 Å². The Morgan fingerprint density at radius 1 is 1.26 bits per heavy atom. The van der Waals surface area contributed by atoms with Crippen molar-refractivity contribution >= 4 is 10.0 Å². The number of likely N-dealkylation sites (N-methyl/N-ethyl adjacent to an activating group) is 1. The van der Waals surface area contributed by atoms with E-state index in [2.05, 4.69) is 0 Å². The highest BCUT2D eigenvalue weighted by molar-refractivity contribution is 7.89. The van der Waals surface area contributed by atoms with E-state index >= 15 is 0 Å². The Morgan fingerprint density at radius 3 is 2.32 bits per heavy atom. The van der Waals surface area contributed by atoms with Gasteiger partial charge in [-0.05, 0) is 32.6 Å². The fraction of sp³-hybridized carbons (Fsp3) is 0.500. The fourth-order valence-electron chi connectivity index (χ4n) is 2.21. The first kappa shape index (κ1) is 14.4. The van der Waals surface area contributed by atoms with Crippen LogP contribution < -0.4 is 0 Å². The molecule has 1 fully saturated rings. The van der Waals surface area contributed by atoms with E-state index in [-0.39, 0.29) is 19.1 Å². The lowest BCUT2D eigenvalue weighted by atomic mass is 10.2. The molecule has 0 spiro atoms. The summed E-state index contributed by atoms with van der Waals surface area (Å²) in [5.41, 5.74) is 0. The van der Waals surface area contributed by atoms with E-state index in [1.54, 1.807) is 0 Å². The van der Waals surface area contributed by atoms with Crippen molar-refractivity contribution in [3.8, 4) is 0 Å². The van der Waals surface area contributed by atoms with Crippen molar-refractivity contribution in [3.05, 3.63) is 29.8 Å². The topological polar surface area (TPSA) is 40.6 Å². The second-order valence-corrected chi connectivity index (χ2v) is 6.69. The molecule has 7 heteroatoms. The predicted molar refractivity (Wildman–Crippen MR) is 67.2 cm³/mol. The Bertz CT molecular complexity index is 555. The van der Waals surface area contributed by atoms with Crippen LogP contribution in [0.5, 0.6) is 0 Å². The monoisotopic (exact) mass is 290 g/mol. The first-order chi connectivity index (χ1) is 8.84. The van der Waals surface area contributed by atoms with Gasteiger partial charge in [0.2, 0.25) is 10.0 Å². The molecule has 0 N–H and O–H groups in total. The lowest BCUT2D eigenvalue weighted by molar-refractivity contribution is 0.302. The number of halogens is 2. The summed E-state index contributed by atoms with van der Waals surface area (Å²) in [6, 6.07) is 3.13. The second kappa shape index (κ2) is 5.15. The van der Waals surface area contributed by atoms with Gasteiger partial charge >= 0.3 is 0 Å². The molecular weight excluding hydrogens is 274 g/mol. The number of rotatable bonds is 3. The van der Waals surface area contributed by atoms with Gasteiger partial charge < -0.3 is 4.90 Å². The van der Waals surface area contributed by atoms with Crippen LogP contribution in [0.2, 0.25) is 0 Å². The predicted octanol–water partition coefficient (Wildman–Crippen LogP) is 1.29. The van der Waals surface area contributed by atoms with Crippen LogP contribution in [0, 0.1) is 11.6 Å². The SMILES string of the molecule is CN(C)C1CCN(S(=O)(=O)c2c(F)cccc2F)C1. The van der Waals surface area contributed by atoms with E-state index in [1.165, 1.54) is 0 Å². The van der Waals surface area contributed by atoms with Crippen molar-refractivity contribution in [3.63, 3.8) is 0 Å². The summed E-state index contributed by atoms with van der Waals surface area (Å²) in [4.78, 5) is 1.06. The van der Waals surface area contributed by atoms with Gasteiger partial charge in [-0.15, -0.1) is 0 Å². The quantitative estimate of drug-likeness (QED) is 0.842. The molecule has 0 aromatic heterocycles.